The van der Waals surface area contributed by atoms with E-state index in [0.29, 0.717) is 22.0 Å². The highest BCUT2D eigenvalue weighted by molar-refractivity contribution is 7.92. The van der Waals surface area contributed by atoms with Gasteiger partial charge in [0.05, 0.1) is 17.0 Å². The molecule has 9 heteroatoms. The second-order valence-corrected chi connectivity index (χ2v) is 9.49. The maximum Gasteiger partial charge on any atom is 0.262 e. The summed E-state index contributed by atoms with van der Waals surface area (Å²) < 4.78 is 28.2. The Morgan fingerprint density at radius 2 is 1.64 bits per heavy atom. The van der Waals surface area contributed by atoms with Gasteiger partial charge in [0.2, 0.25) is 11.8 Å². The van der Waals surface area contributed by atoms with Gasteiger partial charge in [0.25, 0.3) is 10.0 Å². The third-order valence-corrected chi connectivity index (χ3v) is 6.48. The van der Waals surface area contributed by atoms with Gasteiger partial charge in [-0.05, 0) is 48.4 Å². The SMILES string of the molecule is Cc1ccc(NC(=O)CCNC(=O)Cc2ccccc2)cc1S(=O)(=O)Nc1cccc(Cl)c1. The van der Waals surface area contributed by atoms with Crippen LogP contribution in [0.1, 0.15) is 17.5 Å². The van der Waals surface area contributed by atoms with Crippen LogP contribution < -0.4 is 15.4 Å². The second-order valence-electron chi connectivity index (χ2n) is 7.41. The van der Waals surface area contributed by atoms with E-state index in [-0.39, 0.29) is 36.1 Å². The third kappa shape index (κ3) is 7.34. The molecule has 0 aliphatic carbocycles. The predicted octanol–water partition coefficient (Wildman–Crippen LogP) is 4.14. The van der Waals surface area contributed by atoms with Gasteiger partial charge >= 0.3 is 0 Å². The summed E-state index contributed by atoms with van der Waals surface area (Å²) in [5.74, 6) is -0.519. The molecule has 0 atom stereocenters. The van der Waals surface area contributed by atoms with Crippen molar-refractivity contribution < 1.29 is 18.0 Å². The molecule has 3 aromatic carbocycles. The predicted molar refractivity (Wildman–Crippen MR) is 130 cm³/mol. The zero-order valence-corrected chi connectivity index (χ0v) is 19.5. The summed E-state index contributed by atoms with van der Waals surface area (Å²) in [5, 5.41) is 5.79. The Hall–Kier alpha value is -3.36. The van der Waals surface area contributed by atoms with E-state index in [2.05, 4.69) is 15.4 Å². The minimum atomic E-state index is -3.89. The third-order valence-electron chi connectivity index (χ3n) is 4.72. The Morgan fingerprint density at radius 1 is 0.879 bits per heavy atom. The molecule has 0 heterocycles. The summed E-state index contributed by atoms with van der Waals surface area (Å²) in [5.41, 5.74) is 2.09. The first-order valence-corrected chi connectivity index (χ1v) is 12.1. The highest BCUT2D eigenvalue weighted by Gasteiger charge is 2.18. The highest BCUT2D eigenvalue weighted by Crippen LogP contribution is 2.24. The Morgan fingerprint density at radius 3 is 2.36 bits per heavy atom. The van der Waals surface area contributed by atoms with Crippen LogP contribution in [-0.2, 0) is 26.0 Å². The molecular formula is C24H24ClN3O4S. The number of carbonyl (C=O) groups is 2. The number of hydrogen-bond donors (Lipinski definition) is 3. The molecule has 0 radical (unpaired) electrons. The first kappa shape index (κ1) is 24.3. The number of benzene rings is 3. The molecule has 2 amide bonds. The van der Waals surface area contributed by atoms with Crippen LogP contribution in [0.2, 0.25) is 5.02 Å². The number of rotatable bonds is 9. The molecule has 3 rings (SSSR count). The summed E-state index contributed by atoms with van der Waals surface area (Å²) in [6, 6.07) is 20.3. The maximum atomic E-state index is 12.9. The fourth-order valence-electron chi connectivity index (χ4n) is 3.11. The molecule has 33 heavy (non-hydrogen) atoms. The Bertz CT molecular complexity index is 1250. The summed E-state index contributed by atoms with van der Waals surface area (Å²) in [4.78, 5) is 24.3. The fourth-order valence-corrected chi connectivity index (χ4v) is 4.62. The minimum Gasteiger partial charge on any atom is -0.355 e. The lowest BCUT2D eigenvalue weighted by Crippen LogP contribution is -2.28. The molecule has 0 bridgehead atoms. The number of carbonyl (C=O) groups excluding carboxylic acids is 2. The molecule has 3 N–H and O–H groups in total. The van der Waals surface area contributed by atoms with Gasteiger partial charge in [-0.1, -0.05) is 54.1 Å². The summed E-state index contributed by atoms with van der Waals surface area (Å²) in [7, 11) is -3.89. The van der Waals surface area contributed by atoms with Crippen molar-refractivity contribution in [2.75, 3.05) is 16.6 Å². The standard InChI is InChI=1S/C24H24ClN3O4S/c1-17-10-11-20(16-22(17)33(31,32)28-21-9-5-8-19(25)15-21)27-23(29)12-13-26-24(30)14-18-6-3-2-4-7-18/h2-11,15-16,28H,12-14H2,1H3,(H,26,30)(H,27,29). The van der Waals surface area contributed by atoms with E-state index in [4.69, 9.17) is 11.6 Å². The summed E-state index contributed by atoms with van der Waals surface area (Å²) in [6.07, 6.45) is 0.290. The molecule has 172 valence electrons. The Balaban J connectivity index is 1.57. The number of nitrogens with one attached hydrogen (secondary N) is 3. The zero-order valence-electron chi connectivity index (χ0n) is 18.0. The van der Waals surface area contributed by atoms with Crippen molar-refractivity contribution in [3.05, 3.63) is 88.9 Å². The van der Waals surface area contributed by atoms with E-state index in [1.54, 1.807) is 37.3 Å². The van der Waals surface area contributed by atoms with Crippen LogP contribution in [0.4, 0.5) is 11.4 Å². The lowest BCUT2D eigenvalue weighted by molar-refractivity contribution is -0.120. The molecule has 0 aromatic heterocycles. The average molecular weight is 486 g/mol. The van der Waals surface area contributed by atoms with Crippen LogP contribution in [0, 0.1) is 6.92 Å². The van der Waals surface area contributed by atoms with Crippen molar-refractivity contribution >= 4 is 44.8 Å². The van der Waals surface area contributed by atoms with Gasteiger partial charge in [-0.25, -0.2) is 8.42 Å². The van der Waals surface area contributed by atoms with Gasteiger partial charge in [-0.3, -0.25) is 14.3 Å². The lowest BCUT2D eigenvalue weighted by atomic mass is 10.1. The van der Waals surface area contributed by atoms with E-state index in [1.165, 1.54) is 12.1 Å². The molecule has 3 aromatic rings. The molecule has 0 saturated heterocycles. The van der Waals surface area contributed by atoms with Gasteiger partial charge in [0, 0.05) is 23.7 Å². The average Bonchev–Trinajstić information content (AvgIpc) is 2.75. The summed E-state index contributed by atoms with van der Waals surface area (Å²) in [6.45, 7) is 1.84. The smallest absolute Gasteiger partial charge is 0.262 e. The van der Waals surface area contributed by atoms with E-state index >= 15 is 0 Å². The normalized spacial score (nSPS) is 11.0. The van der Waals surface area contributed by atoms with E-state index in [9.17, 15) is 18.0 Å². The molecule has 0 spiro atoms. The molecular weight excluding hydrogens is 462 g/mol. The lowest BCUT2D eigenvalue weighted by Gasteiger charge is -2.13. The molecule has 0 unspecified atom stereocenters. The molecule has 0 saturated carbocycles. The van der Waals surface area contributed by atoms with E-state index < -0.39 is 10.0 Å². The van der Waals surface area contributed by atoms with Gasteiger partial charge < -0.3 is 10.6 Å². The quantitative estimate of drug-likeness (QED) is 0.423. The van der Waals surface area contributed by atoms with Crippen molar-refractivity contribution in [2.24, 2.45) is 0 Å². The monoisotopic (exact) mass is 485 g/mol. The van der Waals surface area contributed by atoms with Crippen molar-refractivity contribution in [1.29, 1.82) is 0 Å². The first-order valence-electron chi connectivity index (χ1n) is 10.2. The van der Waals surface area contributed by atoms with Crippen LogP contribution >= 0.6 is 11.6 Å². The van der Waals surface area contributed by atoms with Crippen molar-refractivity contribution in [1.82, 2.24) is 5.32 Å². The number of halogens is 1. The van der Waals surface area contributed by atoms with Crippen LogP contribution in [0.15, 0.2) is 77.7 Å². The van der Waals surface area contributed by atoms with Crippen LogP contribution in [0.25, 0.3) is 0 Å². The van der Waals surface area contributed by atoms with Crippen molar-refractivity contribution in [3.8, 4) is 0 Å². The van der Waals surface area contributed by atoms with E-state index in [0.717, 1.165) is 5.56 Å². The fraction of sp³-hybridized carbons (Fsp3) is 0.167. The van der Waals surface area contributed by atoms with Crippen LogP contribution in [0.5, 0.6) is 0 Å². The Kier molecular flexibility index (Phi) is 8.08. The number of sulfonamides is 1. The maximum absolute atomic E-state index is 12.9. The van der Waals surface area contributed by atoms with Gasteiger partial charge in [-0.15, -0.1) is 0 Å². The molecule has 0 aliphatic heterocycles. The summed E-state index contributed by atoms with van der Waals surface area (Å²) >= 11 is 5.93. The number of anilines is 2. The number of aryl methyl sites for hydroxylation is 1. The van der Waals surface area contributed by atoms with Crippen LogP contribution in [0.3, 0.4) is 0 Å². The van der Waals surface area contributed by atoms with Crippen molar-refractivity contribution in [3.63, 3.8) is 0 Å². The molecule has 0 fully saturated rings. The topological polar surface area (TPSA) is 104 Å². The number of hydrogen-bond acceptors (Lipinski definition) is 4. The second kappa shape index (κ2) is 11.0. The van der Waals surface area contributed by atoms with Crippen LogP contribution in [-0.4, -0.2) is 26.8 Å². The largest absolute Gasteiger partial charge is 0.355 e. The molecule has 0 aliphatic rings. The highest BCUT2D eigenvalue weighted by atomic mass is 35.5. The van der Waals surface area contributed by atoms with Gasteiger partial charge in [-0.2, -0.15) is 0 Å². The van der Waals surface area contributed by atoms with Gasteiger partial charge in [0.1, 0.15) is 0 Å². The Labute approximate surface area is 198 Å². The first-order chi connectivity index (χ1) is 15.7. The number of amides is 2. The molecule has 7 nitrogen and oxygen atoms in total. The minimum absolute atomic E-state index is 0.0384. The van der Waals surface area contributed by atoms with Crippen molar-refractivity contribution in [2.45, 2.75) is 24.7 Å². The van der Waals surface area contributed by atoms with E-state index in [1.807, 2.05) is 30.3 Å². The zero-order chi connectivity index (χ0) is 23.8. The van der Waals surface area contributed by atoms with Gasteiger partial charge in [0.15, 0.2) is 0 Å².